The van der Waals surface area contributed by atoms with Crippen molar-refractivity contribution in [3.63, 3.8) is 0 Å². The molecule has 1 aliphatic carbocycles. The number of nitrogens with zero attached hydrogens (tertiary/aromatic N) is 1. The second-order valence-corrected chi connectivity index (χ2v) is 7.65. The average Bonchev–Trinajstić information content (AvgIpc) is 3.16. The maximum Gasteiger partial charge on any atom is 0.411 e. The summed E-state index contributed by atoms with van der Waals surface area (Å²) in [6.07, 6.45) is 1.68. The number of alkyl halides is 3. The summed E-state index contributed by atoms with van der Waals surface area (Å²) >= 11 is 0. The first-order chi connectivity index (χ1) is 13.9. The lowest BCUT2D eigenvalue weighted by atomic mass is 9.83. The van der Waals surface area contributed by atoms with Gasteiger partial charge >= 0.3 is 6.18 Å². The van der Waals surface area contributed by atoms with Gasteiger partial charge in [0.1, 0.15) is 6.61 Å². The first-order valence-corrected chi connectivity index (χ1v) is 10.0. The van der Waals surface area contributed by atoms with E-state index >= 15 is 0 Å². The number of ether oxygens (including phenoxy) is 2. The Kier molecular flexibility index (Phi) is 12.0. The van der Waals surface area contributed by atoms with E-state index in [1.807, 2.05) is 12.1 Å². The second kappa shape index (κ2) is 13.4. The predicted molar refractivity (Wildman–Crippen MR) is 123 cm³/mol. The molecule has 0 amide bonds. The van der Waals surface area contributed by atoms with Gasteiger partial charge in [0.25, 0.3) is 0 Å². The van der Waals surface area contributed by atoms with Crippen LogP contribution in [0.1, 0.15) is 43.2 Å². The summed E-state index contributed by atoms with van der Waals surface area (Å²) in [4.78, 5) is 4.29. The first kappa shape index (κ1) is 27.0. The van der Waals surface area contributed by atoms with Gasteiger partial charge in [-0.15, -0.1) is 24.0 Å². The van der Waals surface area contributed by atoms with Crippen LogP contribution in [0.4, 0.5) is 13.2 Å². The Bertz CT molecular complexity index is 633. The summed E-state index contributed by atoms with van der Waals surface area (Å²) in [6.45, 7) is 0.927. The number of hydrogen-bond acceptors (Lipinski definition) is 3. The molecular weight excluding hydrogens is 510 g/mol. The van der Waals surface area contributed by atoms with Gasteiger partial charge in [-0.25, -0.2) is 0 Å². The minimum absolute atomic E-state index is 0. The molecule has 0 saturated heterocycles. The maximum atomic E-state index is 12.1. The van der Waals surface area contributed by atoms with E-state index in [1.54, 1.807) is 26.3 Å². The minimum Gasteiger partial charge on any atom is -0.385 e. The summed E-state index contributed by atoms with van der Waals surface area (Å²) in [6, 6.07) is 7.32. The van der Waals surface area contributed by atoms with Crippen LogP contribution < -0.4 is 10.6 Å². The number of benzene rings is 1. The van der Waals surface area contributed by atoms with Crippen molar-refractivity contribution in [2.24, 2.45) is 10.4 Å². The largest absolute Gasteiger partial charge is 0.411 e. The zero-order chi connectivity index (χ0) is 21.2. The number of guanidine groups is 1. The van der Waals surface area contributed by atoms with Crippen molar-refractivity contribution in [3.05, 3.63) is 35.4 Å². The van der Waals surface area contributed by atoms with Crippen molar-refractivity contribution in [3.8, 4) is 0 Å². The monoisotopic (exact) mass is 543 g/mol. The van der Waals surface area contributed by atoms with E-state index in [9.17, 15) is 13.2 Å². The molecule has 2 N–H and O–H groups in total. The van der Waals surface area contributed by atoms with E-state index < -0.39 is 12.8 Å². The molecule has 0 unspecified atom stereocenters. The van der Waals surface area contributed by atoms with E-state index in [-0.39, 0.29) is 36.0 Å². The fraction of sp³-hybridized carbons (Fsp3) is 0.667. The topological polar surface area (TPSA) is 54.9 Å². The third kappa shape index (κ3) is 9.82. The van der Waals surface area contributed by atoms with Crippen LogP contribution in [0.2, 0.25) is 0 Å². The molecule has 1 aliphatic rings. The van der Waals surface area contributed by atoms with Crippen molar-refractivity contribution in [2.45, 2.75) is 51.4 Å². The third-order valence-electron chi connectivity index (χ3n) is 5.37. The second-order valence-electron chi connectivity index (χ2n) is 7.65. The van der Waals surface area contributed by atoms with Crippen LogP contribution in [-0.2, 0) is 22.6 Å². The van der Waals surface area contributed by atoms with Crippen LogP contribution in [0.3, 0.4) is 0 Å². The Morgan fingerprint density at radius 2 is 1.73 bits per heavy atom. The molecule has 172 valence electrons. The van der Waals surface area contributed by atoms with Gasteiger partial charge in [-0.3, -0.25) is 4.99 Å². The van der Waals surface area contributed by atoms with Crippen molar-refractivity contribution < 1.29 is 22.6 Å². The molecule has 2 rings (SSSR count). The standard InChI is InChI=1S/C21H32F3N3O2.HI/c1-25-19(27-15-20(11-12-28-2)9-3-4-10-20)26-13-17-5-7-18(8-6-17)14-29-16-21(22,23)24;/h5-8H,3-4,9-16H2,1-2H3,(H2,25,26,27);1H. The van der Waals surface area contributed by atoms with Gasteiger partial charge in [0.05, 0.1) is 6.61 Å². The lowest BCUT2D eigenvalue weighted by Crippen LogP contribution is -2.43. The highest BCUT2D eigenvalue weighted by Crippen LogP contribution is 2.40. The van der Waals surface area contributed by atoms with Crippen LogP contribution in [0.15, 0.2) is 29.3 Å². The van der Waals surface area contributed by atoms with Crippen LogP contribution in [0, 0.1) is 5.41 Å². The Morgan fingerprint density at radius 1 is 1.10 bits per heavy atom. The molecule has 0 spiro atoms. The fourth-order valence-electron chi connectivity index (χ4n) is 3.67. The molecule has 0 aliphatic heterocycles. The highest BCUT2D eigenvalue weighted by Gasteiger charge is 2.33. The van der Waals surface area contributed by atoms with E-state index in [4.69, 9.17) is 4.74 Å². The normalized spacial score (nSPS) is 16.2. The zero-order valence-corrected chi connectivity index (χ0v) is 20.0. The average molecular weight is 543 g/mol. The van der Waals surface area contributed by atoms with E-state index in [0.29, 0.717) is 12.1 Å². The molecule has 0 bridgehead atoms. The van der Waals surface area contributed by atoms with E-state index in [1.165, 1.54) is 25.7 Å². The number of rotatable bonds is 10. The lowest BCUT2D eigenvalue weighted by Gasteiger charge is -2.30. The quantitative estimate of drug-likeness (QED) is 0.257. The Labute approximate surface area is 194 Å². The summed E-state index contributed by atoms with van der Waals surface area (Å²) in [5.74, 6) is 0.742. The molecule has 0 heterocycles. The van der Waals surface area contributed by atoms with Crippen molar-refractivity contribution >= 4 is 29.9 Å². The number of halogens is 4. The van der Waals surface area contributed by atoms with Gasteiger partial charge in [-0.2, -0.15) is 13.2 Å². The molecule has 9 heteroatoms. The molecule has 0 radical (unpaired) electrons. The predicted octanol–water partition coefficient (Wildman–Crippen LogP) is 4.65. The minimum atomic E-state index is -4.30. The van der Waals surface area contributed by atoms with Crippen LogP contribution in [-0.4, -0.2) is 46.1 Å². The van der Waals surface area contributed by atoms with Crippen molar-refractivity contribution in [2.75, 3.05) is 33.9 Å². The summed E-state index contributed by atoms with van der Waals surface area (Å²) < 4.78 is 46.3. The number of methoxy groups -OCH3 is 1. The van der Waals surface area contributed by atoms with E-state index in [0.717, 1.165) is 31.1 Å². The molecule has 0 aromatic heterocycles. The summed E-state index contributed by atoms with van der Waals surface area (Å²) in [5, 5.41) is 6.73. The van der Waals surface area contributed by atoms with Gasteiger partial charge in [0, 0.05) is 33.9 Å². The molecule has 30 heavy (non-hydrogen) atoms. The van der Waals surface area contributed by atoms with Crippen molar-refractivity contribution in [1.82, 2.24) is 10.6 Å². The van der Waals surface area contributed by atoms with Gasteiger partial charge < -0.3 is 20.1 Å². The van der Waals surface area contributed by atoms with Gasteiger partial charge in [0.15, 0.2) is 5.96 Å². The van der Waals surface area contributed by atoms with Crippen molar-refractivity contribution in [1.29, 1.82) is 0 Å². The number of nitrogens with one attached hydrogen (secondary N) is 2. The molecule has 1 saturated carbocycles. The first-order valence-electron chi connectivity index (χ1n) is 10.0. The molecule has 1 aromatic rings. The fourth-order valence-corrected chi connectivity index (χ4v) is 3.67. The maximum absolute atomic E-state index is 12.1. The SMILES string of the molecule is CN=C(NCc1ccc(COCC(F)(F)F)cc1)NCC1(CCOC)CCCC1.I. The molecule has 5 nitrogen and oxygen atoms in total. The molecule has 1 aromatic carbocycles. The third-order valence-corrected chi connectivity index (χ3v) is 5.37. The Morgan fingerprint density at radius 3 is 2.30 bits per heavy atom. The smallest absolute Gasteiger partial charge is 0.385 e. The molecular formula is C21H33F3IN3O2. The Balaban J connectivity index is 0.00000450. The molecule has 0 atom stereocenters. The summed E-state index contributed by atoms with van der Waals surface area (Å²) in [5.41, 5.74) is 2.00. The highest BCUT2D eigenvalue weighted by atomic mass is 127. The highest BCUT2D eigenvalue weighted by molar-refractivity contribution is 14.0. The number of hydrogen-bond donors (Lipinski definition) is 2. The molecule has 1 fully saturated rings. The van der Waals surface area contributed by atoms with Gasteiger partial charge in [-0.1, -0.05) is 37.1 Å². The van der Waals surface area contributed by atoms with Gasteiger partial charge in [0.2, 0.25) is 0 Å². The van der Waals surface area contributed by atoms with Crippen LogP contribution in [0.25, 0.3) is 0 Å². The van der Waals surface area contributed by atoms with Gasteiger partial charge in [-0.05, 0) is 35.8 Å². The Hall–Kier alpha value is -1.07. The summed E-state index contributed by atoms with van der Waals surface area (Å²) in [7, 11) is 3.48. The zero-order valence-electron chi connectivity index (χ0n) is 17.7. The van der Waals surface area contributed by atoms with E-state index in [2.05, 4.69) is 20.4 Å². The van der Waals surface area contributed by atoms with Crippen LogP contribution >= 0.6 is 24.0 Å². The van der Waals surface area contributed by atoms with Crippen LogP contribution in [0.5, 0.6) is 0 Å². The number of aliphatic imine (C=N–C) groups is 1. The lowest BCUT2D eigenvalue weighted by molar-refractivity contribution is -0.176.